The third kappa shape index (κ3) is 3.06. The molecule has 2 heterocycles. The monoisotopic (exact) mass is 269 g/mol. The number of carbonyl (C=O) groups excluding carboxylic acids is 2. The Hall–Kier alpha value is -2.56. The lowest BCUT2D eigenvalue weighted by molar-refractivity contribution is -0.114. The number of ketones is 1. The molecule has 102 valence electrons. The summed E-state index contributed by atoms with van der Waals surface area (Å²) >= 11 is 0. The standard InChI is InChI=1S/C15H15N3O2/c1-3-14(20)15-13(18-10(2)19)7-12(9-17-15)11-5-4-6-16-8-11/h4-9H,3H2,1-2H3,(H,18,19). The number of nitrogens with zero attached hydrogens (tertiary/aromatic N) is 2. The van der Waals surface area contributed by atoms with Crippen molar-refractivity contribution in [2.24, 2.45) is 0 Å². The Morgan fingerprint density at radius 1 is 1.25 bits per heavy atom. The summed E-state index contributed by atoms with van der Waals surface area (Å²) in [5.74, 6) is -0.341. The maximum atomic E-state index is 11.8. The highest BCUT2D eigenvalue weighted by Gasteiger charge is 2.14. The molecule has 0 atom stereocenters. The van der Waals surface area contributed by atoms with Crippen molar-refractivity contribution < 1.29 is 9.59 Å². The summed E-state index contributed by atoms with van der Waals surface area (Å²) in [5, 5.41) is 2.66. The van der Waals surface area contributed by atoms with Gasteiger partial charge >= 0.3 is 0 Å². The van der Waals surface area contributed by atoms with Gasteiger partial charge in [0.15, 0.2) is 5.78 Å². The molecule has 2 rings (SSSR count). The summed E-state index contributed by atoms with van der Waals surface area (Å²) in [7, 11) is 0. The van der Waals surface area contributed by atoms with E-state index in [-0.39, 0.29) is 17.4 Å². The van der Waals surface area contributed by atoms with E-state index in [1.54, 1.807) is 31.6 Å². The van der Waals surface area contributed by atoms with Crippen LogP contribution in [0.2, 0.25) is 0 Å². The van der Waals surface area contributed by atoms with E-state index in [2.05, 4.69) is 15.3 Å². The molecule has 5 heteroatoms. The fourth-order valence-electron chi connectivity index (χ4n) is 1.83. The van der Waals surface area contributed by atoms with Gasteiger partial charge in [0.1, 0.15) is 5.69 Å². The highest BCUT2D eigenvalue weighted by Crippen LogP contribution is 2.24. The summed E-state index contributed by atoms with van der Waals surface area (Å²) in [4.78, 5) is 31.3. The smallest absolute Gasteiger partial charge is 0.221 e. The van der Waals surface area contributed by atoms with Crippen LogP contribution in [0.4, 0.5) is 5.69 Å². The Morgan fingerprint density at radius 3 is 2.65 bits per heavy atom. The molecule has 0 saturated carbocycles. The predicted octanol–water partition coefficient (Wildman–Crippen LogP) is 2.69. The summed E-state index contributed by atoms with van der Waals surface area (Å²) in [6.07, 6.45) is 5.34. The predicted molar refractivity (Wildman–Crippen MR) is 76.4 cm³/mol. The third-order valence-electron chi connectivity index (χ3n) is 2.78. The molecular formula is C15H15N3O2. The number of amides is 1. The Balaban J connectivity index is 2.48. The lowest BCUT2D eigenvalue weighted by atomic mass is 10.1. The van der Waals surface area contributed by atoms with Gasteiger partial charge in [-0.3, -0.25) is 19.6 Å². The number of rotatable bonds is 4. The number of anilines is 1. The molecule has 0 aliphatic carbocycles. The van der Waals surface area contributed by atoms with Crippen molar-refractivity contribution in [3.05, 3.63) is 42.5 Å². The molecule has 0 spiro atoms. The normalized spacial score (nSPS) is 10.1. The van der Waals surface area contributed by atoms with Crippen molar-refractivity contribution >= 4 is 17.4 Å². The summed E-state index contributed by atoms with van der Waals surface area (Å²) < 4.78 is 0. The van der Waals surface area contributed by atoms with E-state index in [1.165, 1.54) is 6.92 Å². The molecule has 1 N–H and O–H groups in total. The Labute approximate surface area is 117 Å². The van der Waals surface area contributed by atoms with Crippen LogP contribution in [0.3, 0.4) is 0 Å². The molecule has 0 aliphatic heterocycles. The van der Waals surface area contributed by atoms with Gasteiger partial charge in [-0.2, -0.15) is 0 Å². The lowest BCUT2D eigenvalue weighted by Crippen LogP contribution is -2.12. The molecule has 2 aromatic heterocycles. The van der Waals surface area contributed by atoms with Crippen LogP contribution in [0.5, 0.6) is 0 Å². The Kier molecular flexibility index (Phi) is 4.20. The van der Waals surface area contributed by atoms with Crippen LogP contribution in [0, 0.1) is 0 Å². The molecule has 0 radical (unpaired) electrons. The minimum Gasteiger partial charge on any atom is -0.324 e. The van der Waals surface area contributed by atoms with Gasteiger partial charge in [-0.25, -0.2) is 0 Å². The zero-order valence-corrected chi connectivity index (χ0v) is 11.4. The van der Waals surface area contributed by atoms with Crippen LogP contribution in [0.15, 0.2) is 36.8 Å². The number of nitrogens with one attached hydrogen (secondary N) is 1. The number of hydrogen-bond donors (Lipinski definition) is 1. The molecule has 20 heavy (non-hydrogen) atoms. The zero-order chi connectivity index (χ0) is 14.5. The maximum Gasteiger partial charge on any atom is 0.221 e. The van der Waals surface area contributed by atoms with Gasteiger partial charge in [-0.05, 0) is 12.1 Å². The van der Waals surface area contributed by atoms with Crippen LogP contribution < -0.4 is 5.32 Å². The molecule has 0 fully saturated rings. The summed E-state index contributed by atoms with van der Waals surface area (Å²) in [5.41, 5.74) is 2.40. The highest BCUT2D eigenvalue weighted by atomic mass is 16.1. The Bertz CT molecular complexity index is 639. The van der Waals surface area contributed by atoms with Crippen molar-refractivity contribution in [2.45, 2.75) is 20.3 Å². The van der Waals surface area contributed by atoms with Gasteiger partial charge in [0.05, 0.1) is 5.69 Å². The van der Waals surface area contributed by atoms with Gasteiger partial charge < -0.3 is 5.32 Å². The number of Topliss-reactive ketones (excluding diaryl/α,β-unsaturated/α-hetero) is 1. The zero-order valence-electron chi connectivity index (χ0n) is 11.4. The van der Waals surface area contributed by atoms with Gasteiger partial charge in [0.25, 0.3) is 0 Å². The molecular weight excluding hydrogens is 254 g/mol. The molecule has 0 bridgehead atoms. The molecule has 1 amide bonds. The first kappa shape index (κ1) is 13.9. The quantitative estimate of drug-likeness (QED) is 0.866. The molecule has 5 nitrogen and oxygen atoms in total. The van der Waals surface area contributed by atoms with Crippen LogP contribution >= 0.6 is 0 Å². The molecule has 0 aromatic carbocycles. The first-order chi connectivity index (χ1) is 9.61. The van der Waals surface area contributed by atoms with E-state index in [1.807, 2.05) is 12.1 Å². The Morgan fingerprint density at radius 2 is 2.05 bits per heavy atom. The second-order valence-corrected chi connectivity index (χ2v) is 4.32. The molecule has 0 unspecified atom stereocenters. The molecule has 0 saturated heterocycles. The van der Waals surface area contributed by atoms with Crippen LogP contribution in [-0.4, -0.2) is 21.7 Å². The average Bonchev–Trinajstić information content (AvgIpc) is 2.46. The fraction of sp³-hybridized carbons (Fsp3) is 0.200. The second-order valence-electron chi connectivity index (χ2n) is 4.32. The number of hydrogen-bond acceptors (Lipinski definition) is 4. The van der Waals surface area contributed by atoms with Crippen molar-refractivity contribution in [2.75, 3.05) is 5.32 Å². The van der Waals surface area contributed by atoms with Crippen LogP contribution in [0.1, 0.15) is 30.8 Å². The highest BCUT2D eigenvalue weighted by molar-refractivity contribution is 6.03. The summed E-state index contributed by atoms with van der Waals surface area (Å²) in [6.45, 7) is 3.16. The first-order valence-electron chi connectivity index (χ1n) is 6.33. The van der Waals surface area contributed by atoms with Gasteiger partial charge in [0, 0.05) is 43.1 Å². The van der Waals surface area contributed by atoms with E-state index >= 15 is 0 Å². The van der Waals surface area contributed by atoms with Gasteiger partial charge in [-0.1, -0.05) is 13.0 Å². The van der Waals surface area contributed by atoms with Crippen molar-refractivity contribution in [1.82, 2.24) is 9.97 Å². The van der Waals surface area contributed by atoms with Crippen molar-refractivity contribution in [1.29, 1.82) is 0 Å². The molecule has 2 aromatic rings. The number of pyridine rings is 2. The summed E-state index contributed by atoms with van der Waals surface area (Å²) in [6, 6.07) is 5.45. The first-order valence-corrected chi connectivity index (χ1v) is 6.33. The van der Waals surface area contributed by atoms with E-state index in [0.29, 0.717) is 12.1 Å². The SMILES string of the molecule is CCC(=O)c1ncc(-c2cccnc2)cc1NC(C)=O. The minimum atomic E-state index is -0.236. The van der Waals surface area contributed by atoms with E-state index in [0.717, 1.165) is 11.1 Å². The van der Waals surface area contributed by atoms with E-state index in [9.17, 15) is 9.59 Å². The van der Waals surface area contributed by atoms with E-state index in [4.69, 9.17) is 0 Å². The number of carbonyl (C=O) groups is 2. The molecule has 0 aliphatic rings. The largest absolute Gasteiger partial charge is 0.324 e. The van der Waals surface area contributed by atoms with Gasteiger partial charge in [-0.15, -0.1) is 0 Å². The van der Waals surface area contributed by atoms with Crippen LogP contribution in [0.25, 0.3) is 11.1 Å². The lowest BCUT2D eigenvalue weighted by Gasteiger charge is -2.10. The van der Waals surface area contributed by atoms with Gasteiger partial charge in [0.2, 0.25) is 5.91 Å². The third-order valence-corrected chi connectivity index (χ3v) is 2.78. The number of aromatic nitrogens is 2. The van der Waals surface area contributed by atoms with Crippen LogP contribution in [-0.2, 0) is 4.79 Å². The average molecular weight is 269 g/mol. The minimum absolute atomic E-state index is 0.105. The maximum absolute atomic E-state index is 11.8. The fourth-order valence-corrected chi connectivity index (χ4v) is 1.83. The van der Waals surface area contributed by atoms with E-state index < -0.39 is 0 Å². The topological polar surface area (TPSA) is 72.0 Å². The second kappa shape index (κ2) is 6.06. The van der Waals surface area contributed by atoms with Crippen molar-refractivity contribution in [3.63, 3.8) is 0 Å². The van der Waals surface area contributed by atoms with Crippen molar-refractivity contribution in [3.8, 4) is 11.1 Å².